The predicted molar refractivity (Wildman–Crippen MR) is 84.1 cm³/mol. The van der Waals surface area contributed by atoms with Gasteiger partial charge in [-0.25, -0.2) is 9.18 Å². The minimum atomic E-state index is -1.09. The number of hydrogen-bond acceptors (Lipinski definition) is 4. The van der Waals surface area contributed by atoms with Gasteiger partial charge >= 0.3 is 13.1 Å². The fourth-order valence-corrected chi connectivity index (χ4v) is 3.30. The van der Waals surface area contributed by atoms with Gasteiger partial charge in [-0.15, -0.1) is 11.3 Å². The molecular weight excluding hydrogens is 362 g/mol. The molecule has 0 saturated carbocycles. The lowest BCUT2D eigenvalue weighted by Gasteiger charge is -2.32. The molecule has 21 heavy (non-hydrogen) atoms. The van der Waals surface area contributed by atoms with E-state index in [1.165, 1.54) is 12.1 Å². The molecule has 0 amide bonds. The Hall–Kier alpha value is -0.695. The molecule has 8 heteroatoms. The van der Waals surface area contributed by atoms with Gasteiger partial charge in [-0.1, -0.05) is 0 Å². The summed E-state index contributed by atoms with van der Waals surface area (Å²) in [6, 6.07) is 1.44. The molecule has 1 saturated heterocycles. The van der Waals surface area contributed by atoms with Crippen LogP contribution in [0.15, 0.2) is 16.3 Å². The minimum Gasteiger partial charge on any atom is -0.477 e. The molecule has 4 nitrogen and oxygen atoms in total. The van der Waals surface area contributed by atoms with Crippen LogP contribution in [0.2, 0.25) is 0 Å². The minimum absolute atomic E-state index is 0.134. The Morgan fingerprint density at radius 1 is 1.38 bits per heavy atom. The summed E-state index contributed by atoms with van der Waals surface area (Å²) in [6.45, 7) is 7.35. The average Bonchev–Trinajstić information content (AvgIpc) is 2.78. The molecule has 1 aromatic heterocycles. The summed E-state index contributed by atoms with van der Waals surface area (Å²) >= 11 is 4.20. The molecule has 1 aromatic rings. The standard InChI is InChI=1S/C13H15BBrFO4S/c1-12(2)13(3,4)20-14(19-12)10(16)6-8-7(15)5-9(21-8)11(17)18/h5-6H,1-4H3,(H,17,18). The fourth-order valence-electron chi connectivity index (χ4n) is 1.74. The highest BCUT2D eigenvalue weighted by atomic mass is 79.9. The van der Waals surface area contributed by atoms with Crippen LogP contribution in [0.5, 0.6) is 0 Å². The van der Waals surface area contributed by atoms with E-state index < -0.39 is 30.0 Å². The molecule has 1 aliphatic heterocycles. The zero-order valence-corrected chi connectivity index (χ0v) is 14.5. The number of carboxylic acids is 1. The maximum Gasteiger partial charge on any atom is 0.525 e. The van der Waals surface area contributed by atoms with Crippen molar-refractivity contribution in [3.05, 3.63) is 26.0 Å². The Kier molecular flexibility index (Phi) is 4.36. The second-order valence-electron chi connectivity index (χ2n) is 5.75. The van der Waals surface area contributed by atoms with E-state index in [0.717, 1.165) is 11.3 Å². The Balaban J connectivity index is 2.25. The Bertz CT molecular complexity index is 595. The molecule has 1 N–H and O–H groups in total. The van der Waals surface area contributed by atoms with Crippen molar-refractivity contribution in [3.63, 3.8) is 0 Å². The Morgan fingerprint density at radius 2 is 1.90 bits per heavy atom. The number of hydrogen-bond donors (Lipinski definition) is 1. The van der Waals surface area contributed by atoms with Gasteiger partial charge in [0.15, 0.2) is 0 Å². The molecule has 2 rings (SSSR count). The zero-order valence-electron chi connectivity index (χ0n) is 12.1. The van der Waals surface area contributed by atoms with Crippen LogP contribution >= 0.6 is 27.3 Å². The lowest BCUT2D eigenvalue weighted by molar-refractivity contribution is 0.00578. The molecule has 0 bridgehead atoms. The van der Waals surface area contributed by atoms with Crippen LogP contribution < -0.4 is 0 Å². The third kappa shape index (κ3) is 3.23. The first-order valence-corrected chi connectivity index (χ1v) is 7.90. The molecular formula is C13H15BBrFO4S. The summed E-state index contributed by atoms with van der Waals surface area (Å²) in [5, 5.41) is 8.93. The number of rotatable bonds is 3. The topological polar surface area (TPSA) is 55.8 Å². The molecule has 0 unspecified atom stereocenters. The second-order valence-corrected chi connectivity index (χ2v) is 7.68. The normalized spacial score (nSPS) is 20.9. The quantitative estimate of drug-likeness (QED) is 0.805. The smallest absolute Gasteiger partial charge is 0.477 e. The van der Waals surface area contributed by atoms with Crippen molar-refractivity contribution in [2.75, 3.05) is 0 Å². The predicted octanol–water partition coefficient (Wildman–Crippen LogP) is 4.15. The molecule has 0 aromatic carbocycles. The van der Waals surface area contributed by atoms with Crippen molar-refractivity contribution >= 4 is 46.4 Å². The van der Waals surface area contributed by atoms with Gasteiger partial charge in [-0.05, 0) is 55.8 Å². The zero-order chi connectivity index (χ0) is 16.0. The third-order valence-corrected chi connectivity index (χ3v) is 5.66. The van der Waals surface area contributed by atoms with Crippen LogP contribution in [0.3, 0.4) is 0 Å². The SMILES string of the molecule is CC1(C)OB(C(F)=Cc2sc(C(=O)O)cc2Br)OC1(C)C. The first kappa shape index (κ1) is 16.7. The van der Waals surface area contributed by atoms with Crippen molar-refractivity contribution in [1.82, 2.24) is 0 Å². The monoisotopic (exact) mass is 376 g/mol. The van der Waals surface area contributed by atoms with Crippen LogP contribution in [-0.4, -0.2) is 29.4 Å². The summed E-state index contributed by atoms with van der Waals surface area (Å²) in [5.74, 6) is -1.05. The van der Waals surface area contributed by atoms with Crippen molar-refractivity contribution in [1.29, 1.82) is 0 Å². The molecule has 0 atom stereocenters. The molecule has 1 fully saturated rings. The van der Waals surface area contributed by atoms with Gasteiger partial charge in [-0.2, -0.15) is 0 Å². The van der Waals surface area contributed by atoms with Gasteiger partial charge in [-0.3, -0.25) is 0 Å². The number of carbonyl (C=O) groups is 1. The van der Waals surface area contributed by atoms with E-state index in [4.69, 9.17) is 14.4 Å². The van der Waals surface area contributed by atoms with Gasteiger partial charge in [0.25, 0.3) is 0 Å². The summed E-state index contributed by atoms with van der Waals surface area (Å²) in [5.41, 5.74) is -1.84. The molecule has 1 aliphatic rings. The van der Waals surface area contributed by atoms with E-state index >= 15 is 0 Å². The highest BCUT2D eigenvalue weighted by molar-refractivity contribution is 9.10. The summed E-state index contributed by atoms with van der Waals surface area (Å²) in [7, 11) is -1.09. The highest BCUT2D eigenvalue weighted by Gasteiger charge is 2.53. The van der Waals surface area contributed by atoms with E-state index in [-0.39, 0.29) is 4.88 Å². The van der Waals surface area contributed by atoms with Gasteiger partial charge in [0, 0.05) is 9.35 Å². The Morgan fingerprint density at radius 3 is 2.33 bits per heavy atom. The highest BCUT2D eigenvalue weighted by Crippen LogP contribution is 2.39. The summed E-state index contributed by atoms with van der Waals surface area (Å²) < 4.78 is 26.0. The van der Waals surface area contributed by atoms with Crippen LogP contribution in [0.25, 0.3) is 6.08 Å². The maximum atomic E-state index is 14.3. The first-order valence-electron chi connectivity index (χ1n) is 6.29. The second kappa shape index (κ2) is 5.50. The van der Waals surface area contributed by atoms with E-state index in [9.17, 15) is 9.18 Å². The van der Waals surface area contributed by atoms with E-state index in [1.54, 1.807) is 0 Å². The van der Waals surface area contributed by atoms with Crippen LogP contribution in [0.4, 0.5) is 4.39 Å². The maximum absolute atomic E-state index is 14.3. The molecule has 0 radical (unpaired) electrons. The Labute approximate surface area is 135 Å². The van der Waals surface area contributed by atoms with Gasteiger partial charge in [0.1, 0.15) is 10.6 Å². The number of carboxylic acid groups (broad SMARTS) is 1. The van der Waals surface area contributed by atoms with E-state index in [1.807, 2.05) is 27.7 Å². The average molecular weight is 377 g/mol. The van der Waals surface area contributed by atoms with Crippen LogP contribution in [0.1, 0.15) is 42.2 Å². The van der Waals surface area contributed by atoms with E-state index in [0.29, 0.717) is 9.35 Å². The van der Waals surface area contributed by atoms with Crippen molar-refractivity contribution in [2.24, 2.45) is 0 Å². The summed E-state index contributed by atoms with van der Waals surface area (Å²) in [6.07, 6.45) is 1.24. The van der Waals surface area contributed by atoms with Crippen LogP contribution in [0, 0.1) is 0 Å². The van der Waals surface area contributed by atoms with E-state index in [2.05, 4.69) is 15.9 Å². The largest absolute Gasteiger partial charge is 0.525 e. The molecule has 0 spiro atoms. The number of halogens is 2. The van der Waals surface area contributed by atoms with Gasteiger partial charge in [0.2, 0.25) is 0 Å². The summed E-state index contributed by atoms with van der Waals surface area (Å²) in [4.78, 5) is 11.5. The van der Waals surface area contributed by atoms with Gasteiger partial charge < -0.3 is 14.4 Å². The number of thiophene rings is 1. The van der Waals surface area contributed by atoms with Crippen molar-refractivity contribution in [3.8, 4) is 0 Å². The first-order chi connectivity index (χ1) is 9.53. The van der Waals surface area contributed by atoms with Crippen molar-refractivity contribution in [2.45, 2.75) is 38.9 Å². The lowest BCUT2D eigenvalue weighted by Crippen LogP contribution is -2.41. The lowest BCUT2D eigenvalue weighted by atomic mass is 9.87. The van der Waals surface area contributed by atoms with Crippen molar-refractivity contribution < 1.29 is 23.6 Å². The number of aromatic carboxylic acids is 1. The fraction of sp³-hybridized carbons (Fsp3) is 0.462. The molecule has 114 valence electrons. The molecule has 2 heterocycles. The third-order valence-electron chi connectivity index (χ3n) is 3.67. The van der Waals surface area contributed by atoms with Crippen LogP contribution in [-0.2, 0) is 9.31 Å². The molecule has 0 aliphatic carbocycles. The van der Waals surface area contributed by atoms with Gasteiger partial charge in [0.05, 0.1) is 11.2 Å².